The molecule has 5 rings (SSSR count). The van der Waals surface area contributed by atoms with Crippen LogP contribution in [0.4, 0.5) is 13.2 Å². The Morgan fingerprint density at radius 3 is 2.14 bits per heavy atom. The summed E-state index contributed by atoms with van der Waals surface area (Å²) in [4.78, 5) is 4.71. The monoisotopic (exact) mass is 620 g/mol. The first-order chi connectivity index (χ1) is 21.4. The van der Waals surface area contributed by atoms with Crippen LogP contribution >= 0.6 is 11.6 Å². The Morgan fingerprint density at radius 1 is 0.818 bits per heavy atom. The van der Waals surface area contributed by atoms with Crippen LogP contribution in [0.3, 0.4) is 0 Å². The van der Waals surface area contributed by atoms with E-state index in [1.807, 2.05) is 48.5 Å². The number of halogens is 4. The van der Waals surface area contributed by atoms with Crippen molar-refractivity contribution in [3.63, 3.8) is 0 Å². The molecular formula is C37H40ClF3N2O. The van der Waals surface area contributed by atoms with E-state index in [0.717, 1.165) is 35.9 Å². The Morgan fingerprint density at radius 2 is 1.48 bits per heavy atom. The highest BCUT2D eigenvalue weighted by atomic mass is 35.5. The molecule has 1 aliphatic rings. The fourth-order valence-corrected chi connectivity index (χ4v) is 6.28. The molecule has 0 bridgehead atoms. The van der Waals surface area contributed by atoms with Gasteiger partial charge in [0, 0.05) is 32.1 Å². The Bertz CT molecular complexity index is 1400. The predicted molar refractivity (Wildman–Crippen MR) is 172 cm³/mol. The van der Waals surface area contributed by atoms with Crippen LogP contribution in [0.2, 0.25) is 5.02 Å². The lowest BCUT2D eigenvalue weighted by Crippen LogP contribution is -2.31. The van der Waals surface area contributed by atoms with Crippen molar-refractivity contribution in [2.75, 3.05) is 39.3 Å². The van der Waals surface area contributed by atoms with Crippen molar-refractivity contribution in [2.24, 2.45) is 0 Å². The fraction of sp³-hybridized carbons (Fsp3) is 0.351. The van der Waals surface area contributed by atoms with Crippen molar-refractivity contribution in [3.05, 3.63) is 136 Å². The van der Waals surface area contributed by atoms with E-state index >= 15 is 0 Å². The molecule has 0 atom stereocenters. The average Bonchev–Trinajstić information content (AvgIpc) is 3.56. The summed E-state index contributed by atoms with van der Waals surface area (Å²) in [6.45, 7) is 5.50. The minimum Gasteiger partial charge on any atom is -0.494 e. The molecule has 1 saturated heterocycles. The first-order valence-electron chi connectivity index (χ1n) is 15.5. The second kappa shape index (κ2) is 15.6. The number of nitrogens with zero attached hydrogens (tertiary/aromatic N) is 2. The van der Waals surface area contributed by atoms with Crippen LogP contribution in [0.25, 0.3) is 0 Å². The van der Waals surface area contributed by atoms with Gasteiger partial charge in [-0.3, -0.25) is 4.90 Å². The number of likely N-dealkylation sites (tertiary alicyclic amines) is 1. The average molecular weight is 621 g/mol. The zero-order chi connectivity index (χ0) is 30.8. The third-order valence-electron chi connectivity index (χ3n) is 8.32. The van der Waals surface area contributed by atoms with E-state index in [-0.39, 0.29) is 10.9 Å². The first-order valence-corrected chi connectivity index (χ1v) is 15.9. The van der Waals surface area contributed by atoms with Crippen molar-refractivity contribution < 1.29 is 17.9 Å². The van der Waals surface area contributed by atoms with Crippen LogP contribution < -0.4 is 4.74 Å². The predicted octanol–water partition coefficient (Wildman–Crippen LogP) is 9.10. The van der Waals surface area contributed by atoms with Gasteiger partial charge in [-0.1, -0.05) is 96.5 Å². The zero-order valence-corrected chi connectivity index (χ0v) is 25.7. The molecule has 0 aliphatic carbocycles. The minimum atomic E-state index is -4.51. The van der Waals surface area contributed by atoms with Crippen molar-refractivity contribution >= 4 is 11.6 Å². The third-order valence-corrected chi connectivity index (χ3v) is 8.77. The minimum absolute atomic E-state index is 0.0372. The highest BCUT2D eigenvalue weighted by Gasteiger charge is 2.34. The van der Waals surface area contributed by atoms with E-state index in [9.17, 15) is 13.2 Å². The van der Waals surface area contributed by atoms with Gasteiger partial charge in [-0.05, 0) is 79.2 Å². The van der Waals surface area contributed by atoms with Gasteiger partial charge in [-0.15, -0.1) is 0 Å². The van der Waals surface area contributed by atoms with Crippen LogP contribution in [0.15, 0.2) is 103 Å². The summed E-state index contributed by atoms with van der Waals surface area (Å²) in [5.41, 5.74) is 3.24. The zero-order valence-electron chi connectivity index (χ0n) is 25.0. The molecule has 0 aromatic heterocycles. The van der Waals surface area contributed by atoms with Crippen molar-refractivity contribution in [1.82, 2.24) is 9.80 Å². The Balaban J connectivity index is 1.29. The number of hydrogen-bond donors (Lipinski definition) is 0. The summed E-state index contributed by atoms with van der Waals surface area (Å²) in [7, 11) is 0. The lowest BCUT2D eigenvalue weighted by molar-refractivity contribution is -0.137. The maximum Gasteiger partial charge on any atom is 0.417 e. The first kappa shape index (κ1) is 32.1. The second-order valence-electron chi connectivity index (χ2n) is 11.5. The second-order valence-corrected chi connectivity index (χ2v) is 11.9. The van der Waals surface area contributed by atoms with Crippen LogP contribution in [-0.4, -0.2) is 49.1 Å². The van der Waals surface area contributed by atoms with Gasteiger partial charge in [0.15, 0.2) is 0 Å². The van der Waals surface area contributed by atoms with E-state index in [1.165, 1.54) is 37.6 Å². The van der Waals surface area contributed by atoms with Gasteiger partial charge in [-0.2, -0.15) is 13.2 Å². The number of benzene rings is 4. The number of ether oxygens (including phenoxy) is 1. The maximum atomic E-state index is 13.7. The third kappa shape index (κ3) is 9.10. The van der Waals surface area contributed by atoms with Crippen LogP contribution in [0.5, 0.6) is 5.75 Å². The Labute approximate surface area is 264 Å². The molecule has 0 spiro atoms. The normalized spacial score (nSPS) is 14.0. The topological polar surface area (TPSA) is 15.7 Å². The molecule has 7 heteroatoms. The molecule has 3 nitrogen and oxygen atoms in total. The largest absolute Gasteiger partial charge is 0.494 e. The summed E-state index contributed by atoms with van der Waals surface area (Å²) in [5.74, 6) is 0.887. The molecule has 0 saturated carbocycles. The smallest absolute Gasteiger partial charge is 0.417 e. The van der Waals surface area contributed by atoms with Gasteiger partial charge >= 0.3 is 6.18 Å². The van der Waals surface area contributed by atoms with Crippen molar-refractivity contribution in [1.29, 1.82) is 0 Å². The van der Waals surface area contributed by atoms with E-state index in [1.54, 1.807) is 6.07 Å². The molecule has 0 amide bonds. The van der Waals surface area contributed by atoms with Crippen LogP contribution in [-0.2, 0) is 19.1 Å². The fourth-order valence-electron chi connectivity index (χ4n) is 5.99. The van der Waals surface area contributed by atoms with Crippen molar-refractivity contribution in [3.8, 4) is 5.75 Å². The van der Waals surface area contributed by atoms with Gasteiger partial charge in [0.2, 0.25) is 0 Å². The van der Waals surface area contributed by atoms with E-state index < -0.39 is 11.7 Å². The number of rotatable bonds is 14. The van der Waals surface area contributed by atoms with E-state index in [0.29, 0.717) is 38.2 Å². The lowest BCUT2D eigenvalue weighted by atomic mass is 9.90. The molecule has 1 aliphatic heterocycles. The van der Waals surface area contributed by atoms with E-state index in [2.05, 4.69) is 46.2 Å². The van der Waals surface area contributed by atoms with E-state index in [4.69, 9.17) is 16.3 Å². The van der Waals surface area contributed by atoms with Crippen molar-refractivity contribution in [2.45, 2.75) is 44.3 Å². The number of hydrogen-bond acceptors (Lipinski definition) is 3. The van der Waals surface area contributed by atoms with Gasteiger partial charge in [0.1, 0.15) is 5.75 Å². The number of alkyl halides is 3. The van der Waals surface area contributed by atoms with Gasteiger partial charge in [0.05, 0.1) is 17.2 Å². The highest BCUT2D eigenvalue weighted by molar-refractivity contribution is 6.32. The molecule has 232 valence electrons. The Hall–Kier alpha value is -3.32. The summed E-state index contributed by atoms with van der Waals surface area (Å²) >= 11 is 6.36. The van der Waals surface area contributed by atoms with Crippen LogP contribution in [0.1, 0.15) is 53.0 Å². The SMILES string of the molecule is FC(F)(F)c1cccc(CN(CCCOc2cccc(CCN3CCCC3)c2)CC(c2ccccc2)c2ccccc2)c1Cl. The molecule has 1 fully saturated rings. The summed E-state index contributed by atoms with van der Waals surface area (Å²) in [5, 5.41) is -0.233. The van der Waals surface area contributed by atoms with Gasteiger partial charge < -0.3 is 9.64 Å². The maximum absolute atomic E-state index is 13.7. The molecule has 1 heterocycles. The molecule has 0 unspecified atom stereocenters. The molecule has 44 heavy (non-hydrogen) atoms. The molecule has 4 aromatic rings. The van der Waals surface area contributed by atoms with Gasteiger partial charge in [0.25, 0.3) is 0 Å². The lowest BCUT2D eigenvalue weighted by Gasteiger charge is -2.29. The molecule has 0 N–H and O–H groups in total. The quantitative estimate of drug-likeness (QED) is 0.131. The summed E-state index contributed by atoms with van der Waals surface area (Å²) in [6, 6.07) is 32.9. The molecule has 4 aromatic carbocycles. The molecule has 0 radical (unpaired) electrons. The van der Waals surface area contributed by atoms with Crippen LogP contribution in [0, 0.1) is 0 Å². The highest BCUT2D eigenvalue weighted by Crippen LogP contribution is 2.37. The standard InChI is InChI=1S/C37H40ClF3N2O/c38-36-32(17-10-19-35(36)37(39,40)41)27-43(28-34(30-13-3-1-4-14-30)31-15-5-2-6-16-31)23-11-25-44-33-18-9-12-29(26-33)20-24-42-21-7-8-22-42/h1-6,9-10,12-19,26,34H,7-8,11,20-25,27-28H2. The summed E-state index contributed by atoms with van der Waals surface area (Å²) in [6.07, 6.45) is -0.214. The Kier molecular flexibility index (Phi) is 11.4. The molecular weight excluding hydrogens is 581 g/mol. The van der Waals surface area contributed by atoms with Gasteiger partial charge in [-0.25, -0.2) is 0 Å². The summed E-state index contributed by atoms with van der Waals surface area (Å²) < 4.78 is 47.2.